The summed E-state index contributed by atoms with van der Waals surface area (Å²) < 4.78 is 0. The van der Waals surface area contributed by atoms with Crippen LogP contribution in [0.2, 0.25) is 0 Å². The van der Waals surface area contributed by atoms with Gasteiger partial charge in [0.2, 0.25) is 0 Å². The number of nitrogens with zero attached hydrogens (tertiary/aromatic N) is 3. The fourth-order valence-corrected chi connectivity index (χ4v) is 0.859. The van der Waals surface area contributed by atoms with Gasteiger partial charge in [-0.1, -0.05) is 12.1 Å². The third kappa shape index (κ3) is 1.51. The molecule has 0 fully saturated rings. The van der Waals surface area contributed by atoms with Gasteiger partial charge in [-0.15, -0.1) is 10.2 Å². The van der Waals surface area contributed by atoms with Crippen molar-refractivity contribution in [3.8, 4) is 0 Å². The van der Waals surface area contributed by atoms with Crippen molar-refractivity contribution in [3.05, 3.63) is 5.82 Å². The summed E-state index contributed by atoms with van der Waals surface area (Å²) in [4.78, 5) is 0. The van der Waals surface area contributed by atoms with Crippen molar-refractivity contribution in [3.63, 3.8) is 0 Å². The lowest BCUT2D eigenvalue weighted by atomic mass is 10.1. The molecule has 1 unspecified atom stereocenters. The van der Waals surface area contributed by atoms with Crippen molar-refractivity contribution in [1.29, 1.82) is 5.41 Å². The first-order chi connectivity index (χ1) is 5.25. The van der Waals surface area contributed by atoms with Crippen LogP contribution in [0.4, 0.5) is 0 Å². The van der Waals surface area contributed by atoms with E-state index < -0.39 is 0 Å². The van der Waals surface area contributed by atoms with Crippen LogP contribution < -0.4 is 5.73 Å². The number of tetrazole rings is 1. The maximum Gasteiger partial charge on any atom is 0.185 e. The molecule has 4 N–H and O–H groups in total. The average Bonchev–Trinajstić information content (AvgIpc) is 2.40. The van der Waals surface area contributed by atoms with Crippen LogP contribution in [-0.4, -0.2) is 26.5 Å². The quantitative estimate of drug-likeness (QED) is 0.408. The van der Waals surface area contributed by atoms with Crippen LogP contribution in [-0.2, 0) is 0 Å². The summed E-state index contributed by atoms with van der Waals surface area (Å²) >= 11 is 0. The zero-order valence-electron chi connectivity index (χ0n) is 6.20. The lowest BCUT2D eigenvalue weighted by Crippen LogP contribution is -2.21. The zero-order chi connectivity index (χ0) is 8.27. The molecule has 0 aliphatic carbocycles. The Hall–Kier alpha value is -1.46. The molecule has 0 saturated heterocycles. The van der Waals surface area contributed by atoms with Crippen molar-refractivity contribution in [2.75, 3.05) is 0 Å². The van der Waals surface area contributed by atoms with Crippen molar-refractivity contribution < 1.29 is 0 Å². The smallest absolute Gasteiger partial charge is 0.185 e. The molecule has 11 heavy (non-hydrogen) atoms. The van der Waals surface area contributed by atoms with Gasteiger partial charge in [-0.2, -0.15) is 5.21 Å². The maximum absolute atomic E-state index is 7.18. The molecule has 0 aromatic carbocycles. The number of amidine groups is 1. The summed E-state index contributed by atoms with van der Waals surface area (Å²) in [5.41, 5.74) is 5.30. The number of rotatable bonds is 3. The minimum atomic E-state index is -0.200. The van der Waals surface area contributed by atoms with Gasteiger partial charge in [-0.05, 0) is 6.42 Å². The molecule has 0 amide bonds. The van der Waals surface area contributed by atoms with E-state index in [1.165, 1.54) is 0 Å². The van der Waals surface area contributed by atoms with Crippen LogP contribution in [0.3, 0.4) is 0 Å². The predicted molar refractivity (Wildman–Crippen MR) is 39.1 cm³/mol. The van der Waals surface area contributed by atoms with Gasteiger partial charge < -0.3 is 5.73 Å². The van der Waals surface area contributed by atoms with E-state index in [2.05, 4.69) is 20.6 Å². The molecule has 1 aromatic rings. The van der Waals surface area contributed by atoms with Crippen molar-refractivity contribution in [1.82, 2.24) is 20.6 Å². The van der Waals surface area contributed by atoms with Gasteiger partial charge in [0.1, 0.15) is 5.84 Å². The van der Waals surface area contributed by atoms with E-state index in [9.17, 15) is 0 Å². The number of aromatic amines is 1. The van der Waals surface area contributed by atoms with Gasteiger partial charge in [0, 0.05) is 0 Å². The Morgan fingerprint density at radius 2 is 2.55 bits per heavy atom. The molecule has 0 aliphatic rings. The second-order valence-electron chi connectivity index (χ2n) is 2.19. The molecule has 0 bridgehead atoms. The molecule has 1 atom stereocenters. The Labute approximate surface area is 63.7 Å². The van der Waals surface area contributed by atoms with Crippen molar-refractivity contribution >= 4 is 5.84 Å². The number of H-pyrrole nitrogens is 1. The first kappa shape index (κ1) is 7.64. The summed E-state index contributed by atoms with van der Waals surface area (Å²) in [5.74, 6) is 0.364. The monoisotopic (exact) mass is 154 g/mol. The largest absolute Gasteiger partial charge is 0.387 e. The van der Waals surface area contributed by atoms with Crippen molar-refractivity contribution in [2.24, 2.45) is 5.73 Å². The minimum Gasteiger partial charge on any atom is -0.387 e. The fraction of sp³-hybridized carbons (Fsp3) is 0.600. The highest BCUT2D eigenvalue weighted by Gasteiger charge is 2.16. The van der Waals surface area contributed by atoms with Gasteiger partial charge in [0.05, 0.1) is 5.92 Å². The zero-order valence-corrected chi connectivity index (χ0v) is 6.20. The summed E-state index contributed by atoms with van der Waals surface area (Å²) in [7, 11) is 0. The molecule has 6 heteroatoms. The third-order valence-corrected chi connectivity index (χ3v) is 1.46. The third-order valence-electron chi connectivity index (χ3n) is 1.46. The Balaban J connectivity index is 2.79. The van der Waals surface area contributed by atoms with E-state index in [1.807, 2.05) is 6.92 Å². The summed E-state index contributed by atoms with van der Waals surface area (Å²) in [5, 5.41) is 20.4. The number of aromatic nitrogens is 4. The summed E-state index contributed by atoms with van der Waals surface area (Å²) in [6, 6.07) is 0. The molecule has 0 aliphatic heterocycles. The molecule has 6 nitrogen and oxygen atoms in total. The Morgan fingerprint density at radius 3 is 2.91 bits per heavy atom. The maximum atomic E-state index is 7.18. The lowest BCUT2D eigenvalue weighted by molar-refractivity contribution is 0.765. The Morgan fingerprint density at radius 1 is 1.82 bits per heavy atom. The average molecular weight is 154 g/mol. The number of hydrogen-bond acceptors (Lipinski definition) is 4. The van der Waals surface area contributed by atoms with E-state index in [0.29, 0.717) is 5.82 Å². The standard InChI is InChI=1S/C5H10N6/c1-2-3(4(6)7)5-8-10-11-9-5/h3H,2H2,1H3,(H3,6,7)(H,8,9,10,11). The number of hydrogen-bond donors (Lipinski definition) is 3. The van der Waals surface area contributed by atoms with Crippen LogP contribution in [0, 0.1) is 5.41 Å². The lowest BCUT2D eigenvalue weighted by Gasteiger charge is -2.05. The molecular weight excluding hydrogens is 144 g/mol. The van der Waals surface area contributed by atoms with Gasteiger partial charge in [0.25, 0.3) is 0 Å². The highest BCUT2D eigenvalue weighted by Crippen LogP contribution is 2.12. The van der Waals surface area contributed by atoms with Crippen LogP contribution in [0.15, 0.2) is 0 Å². The van der Waals surface area contributed by atoms with Crippen LogP contribution in [0.25, 0.3) is 0 Å². The molecule has 0 spiro atoms. The molecule has 0 radical (unpaired) electrons. The topological polar surface area (TPSA) is 104 Å². The van der Waals surface area contributed by atoms with E-state index >= 15 is 0 Å². The Kier molecular flexibility index (Phi) is 2.15. The van der Waals surface area contributed by atoms with Gasteiger partial charge in [-0.25, -0.2) is 0 Å². The van der Waals surface area contributed by atoms with Crippen molar-refractivity contribution in [2.45, 2.75) is 19.3 Å². The Bertz CT molecular complexity index is 227. The first-order valence-electron chi connectivity index (χ1n) is 3.33. The molecule has 0 saturated carbocycles. The summed E-state index contributed by atoms with van der Waals surface area (Å²) in [6.45, 7) is 1.92. The molecule has 60 valence electrons. The second kappa shape index (κ2) is 3.09. The molecule has 1 aromatic heterocycles. The van der Waals surface area contributed by atoms with Gasteiger partial charge >= 0.3 is 0 Å². The van der Waals surface area contributed by atoms with E-state index in [-0.39, 0.29) is 11.8 Å². The predicted octanol–water partition coefficient (Wildman–Crippen LogP) is -0.371. The fourth-order valence-electron chi connectivity index (χ4n) is 0.859. The van der Waals surface area contributed by atoms with Crippen LogP contribution >= 0.6 is 0 Å². The van der Waals surface area contributed by atoms with Crippen LogP contribution in [0.1, 0.15) is 25.1 Å². The van der Waals surface area contributed by atoms with E-state index in [4.69, 9.17) is 11.1 Å². The van der Waals surface area contributed by atoms with Crippen LogP contribution in [0.5, 0.6) is 0 Å². The highest BCUT2D eigenvalue weighted by molar-refractivity contribution is 5.83. The number of nitrogens with one attached hydrogen (secondary N) is 2. The van der Waals surface area contributed by atoms with E-state index in [1.54, 1.807) is 0 Å². The van der Waals surface area contributed by atoms with E-state index in [0.717, 1.165) is 6.42 Å². The molecule has 1 rings (SSSR count). The highest BCUT2D eigenvalue weighted by atomic mass is 15.5. The first-order valence-corrected chi connectivity index (χ1v) is 3.33. The molecule has 1 heterocycles. The number of nitrogens with two attached hydrogens (primary N) is 1. The van der Waals surface area contributed by atoms with Gasteiger partial charge in [-0.3, -0.25) is 5.41 Å². The second-order valence-corrected chi connectivity index (χ2v) is 2.19. The normalized spacial score (nSPS) is 12.8. The summed E-state index contributed by atoms with van der Waals surface area (Å²) in [6.07, 6.45) is 0.717. The molecular formula is C5H10N6. The van der Waals surface area contributed by atoms with Gasteiger partial charge in [0.15, 0.2) is 5.82 Å². The minimum absolute atomic E-state index is 0.0777. The SMILES string of the molecule is CCC(C(=N)N)c1nn[nH]n1.